The first kappa shape index (κ1) is 86.9. The van der Waals surface area contributed by atoms with Crippen molar-refractivity contribution < 1.29 is 18.9 Å². The van der Waals surface area contributed by atoms with Gasteiger partial charge in [-0.1, -0.05) is 410 Å². The third-order valence-corrected chi connectivity index (χ3v) is 21.9. The van der Waals surface area contributed by atoms with Crippen molar-refractivity contribution in [3.8, 4) is 23.0 Å². The van der Waals surface area contributed by atoms with Crippen LogP contribution in [-0.2, 0) is 0 Å². The van der Waals surface area contributed by atoms with Gasteiger partial charge in [0, 0.05) is 9.75 Å². The molecule has 4 aromatic carbocycles. The minimum Gasteiger partial charge on any atom is -0.494 e. The van der Waals surface area contributed by atoms with Gasteiger partial charge in [0.2, 0.25) is 0 Å². The van der Waals surface area contributed by atoms with Gasteiger partial charge in [-0.25, -0.2) is 0 Å². The summed E-state index contributed by atoms with van der Waals surface area (Å²) in [5.41, 5.74) is 7.08. The Labute approximate surface area is 627 Å². The minimum absolute atomic E-state index is 0.767. The summed E-state index contributed by atoms with van der Waals surface area (Å²) >= 11 is 1.84. The Morgan fingerprint density at radius 3 is 0.505 bits per heavy atom. The zero-order valence-corrected chi connectivity index (χ0v) is 66.8. The van der Waals surface area contributed by atoms with E-state index >= 15 is 0 Å². The van der Waals surface area contributed by atoms with Crippen LogP contribution in [-0.4, -0.2) is 26.4 Å². The van der Waals surface area contributed by atoms with Crippen molar-refractivity contribution in [2.75, 3.05) is 26.4 Å². The lowest BCUT2D eigenvalue weighted by Gasteiger charge is -2.12. The second-order valence-electron chi connectivity index (χ2n) is 30.2. The van der Waals surface area contributed by atoms with E-state index in [0.29, 0.717) is 0 Å². The number of ether oxygens (including phenoxy) is 4. The van der Waals surface area contributed by atoms with Crippen molar-refractivity contribution in [3.63, 3.8) is 0 Å². The molecule has 0 bridgehead atoms. The van der Waals surface area contributed by atoms with Crippen LogP contribution < -0.4 is 18.9 Å². The maximum Gasteiger partial charge on any atom is 0.119 e. The topological polar surface area (TPSA) is 36.9 Å². The van der Waals surface area contributed by atoms with E-state index in [1.165, 1.54) is 377 Å². The van der Waals surface area contributed by atoms with Gasteiger partial charge in [0.05, 0.1) is 26.4 Å². The fourth-order valence-electron chi connectivity index (χ4n) is 14.3. The van der Waals surface area contributed by atoms with Gasteiger partial charge < -0.3 is 18.9 Å². The van der Waals surface area contributed by atoms with Crippen molar-refractivity contribution in [1.82, 2.24) is 0 Å². The summed E-state index contributed by atoms with van der Waals surface area (Å²) in [7, 11) is 0. The summed E-state index contributed by atoms with van der Waals surface area (Å²) in [5.74, 6) is 3.78. The number of rotatable bonds is 70. The molecule has 566 valence electrons. The van der Waals surface area contributed by atoms with Crippen molar-refractivity contribution in [1.29, 1.82) is 0 Å². The first-order valence-electron chi connectivity index (χ1n) is 43.6. The SMILES string of the molecule is CCCCCCCCCCCCCCCCOc1ccc(C(=Cc2ccc(C=C(c3ccc(OCCCCCCCCCCCCCCCC)cc3)c3ccc(OCCCCCCCCCCCCCCCC)cc3)s2)c2ccc(OCCCCCCCCCCCCCCCC)cc2)cc1. The molecule has 1 heterocycles. The van der Waals surface area contributed by atoms with E-state index in [9.17, 15) is 0 Å². The average Bonchev–Trinajstić information content (AvgIpc) is 1.81. The molecule has 0 aliphatic rings. The molecule has 1 aromatic heterocycles. The predicted octanol–water partition coefficient (Wildman–Crippen LogP) is 32.4. The van der Waals surface area contributed by atoms with Crippen LogP contribution >= 0.6 is 11.3 Å². The Bertz CT molecular complexity index is 2340. The molecule has 0 atom stereocenters. The summed E-state index contributed by atoms with van der Waals surface area (Å²) in [6, 6.07) is 39.9. The Hall–Kier alpha value is -4.74. The van der Waals surface area contributed by atoms with Crippen molar-refractivity contribution >= 4 is 34.6 Å². The Morgan fingerprint density at radius 1 is 0.198 bits per heavy atom. The summed E-state index contributed by atoms with van der Waals surface area (Å²) in [6.07, 6.45) is 81.0. The highest BCUT2D eigenvalue weighted by Gasteiger charge is 2.13. The van der Waals surface area contributed by atoms with Crippen molar-refractivity contribution in [2.24, 2.45) is 0 Å². The van der Waals surface area contributed by atoms with Crippen molar-refractivity contribution in [3.05, 3.63) is 141 Å². The molecule has 0 aliphatic heterocycles. The molecule has 4 nitrogen and oxygen atoms in total. The predicted molar refractivity (Wildman–Crippen MR) is 447 cm³/mol. The van der Waals surface area contributed by atoms with Crippen LogP contribution in [0.3, 0.4) is 0 Å². The zero-order valence-electron chi connectivity index (χ0n) is 66.0. The summed E-state index contributed by atoms with van der Waals surface area (Å²) < 4.78 is 25.5. The third kappa shape index (κ3) is 44.6. The fraction of sp³-hybridized carbons (Fsp3) is 0.667. The lowest BCUT2D eigenvalue weighted by molar-refractivity contribution is 0.304. The lowest BCUT2D eigenvalue weighted by atomic mass is 9.96. The van der Waals surface area contributed by atoms with E-state index in [1.807, 2.05) is 11.3 Å². The molecule has 0 unspecified atom stereocenters. The molecule has 5 rings (SSSR count). The van der Waals surface area contributed by atoms with Crippen LogP contribution in [0.15, 0.2) is 109 Å². The Morgan fingerprint density at radius 2 is 0.347 bits per heavy atom. The van der Waals surface area contributed by atoms with Crippen LogP contribution in [0, 0.1) is 0 Å². The first-order chi connectivity index (χ1) is 50.1. The molecule has 5 heteroatoms. The summed E-state index contributed by atoms with van der Waals surface area (Å²) in [5, 5.41) is 0. The van der Waals surface area contributed by atoms with E-state index in [0.717, 1.165) is 75.1 Å². The highest BCUT2D eigenvalue weighted by Crippen LogP contribution is 2.35. The molecule has 0 radical (unpaired) electrons. The van der Waals surface area contributed by atoms with Crippen molar-refractivity contribution in [2.45, 2.75) is 387 Å². The van der Waals surface area contributed by atoms with Gasteiger partial charge in [-0.15, -0.1) is 11.3 Å². The maximum atomic E-state index is 6.38. The average molecular weight is 1400 g/mol. The molecular weight excluding hydrogens is 1250 g/mol. The molecule has 0 spiro atoms. The second-order valence-corrected chi connectivity index (χ2v) is 31.4. The van der Waals surface area contributed by atoms with E-state index in [-0.39, 0.29) is 0 Å². The lowest BCUT2D eigenvalue weighted by Crippen LogP contribution is -1.98. The highest BCUT2D eigenvalue weighted by molar-refractivity contribution is 7.13. The quantitative estimate of drug-likeness (QED) is 0.0364. The van der Waals surface area contributed by atoms with Gasteiger partial charge in [0.25, 0.3) is 0 Å². The summed E-state index contributed by atoms with van der Waals surface area (Å²) in [4.78, 5) is 2.42. The minimum atomic E-state index is 0.767. The molecule has 0 fully saturated rings. The van der Waals surface area contributed by atoms with Crippen LogP contribution in [0.2, 0.25) is 0 Å². The summed E-state index contributed by atoms with van der Waals surface area (Å²) in [6.45, 7) is 12.3. The monoisotopic (exact) mass is 1400 g/mol. The standard InChI is InChI=1S/C96H152O4S/c1-5-9-13-17-21-25-29-33-37-41-45-49-53-57-79-97-89-69-61-85(62-70-89)95(86-63-71-90(72-64-86)98-80-58-54-50-46-42-38-34-30-26-22-18-14-10-6-2)83-93-77-78-94(101-93)84-96(87-65-73-91(74-66-87)99-81-59-55-51-47-43-39-35-31-27-23-19-15-11-7-3)88-67-75-92(76-68-88)100-82-60-56-52-48-44-40-36-32-28-24-20-16-12-8-4/h61-78,83-84H,5-60,79-82H2,1-4H3. The van der Waals surface area contributed by atoms with E-state index in [4.69, 9.17) is 18.9 Å². The second kappa shape index (κ2) is 62.6. The first-order valence-corrected chi connectivity index (χ1v) is 44.4. The van der Waals surface area contributed by atoms with Gasteiger partial charge in [0.1, 0.15) is 23.0 Å². The molecular formula is C96H152O4S. The third-order valence-electron chi connectivity index (χ3n) is 20.9. The molecule has 0 aliphatic carbocycles. The van der Waals surface area contributed by atoms with E-state index in [1.54, 1.807) is 0 Å². The molecule has 5 aromatic rings. The number of hydrogen-bond acceptors (Lipinski definition) is 5. The van der Waals surface area contributed by atoms with E-state index in [2.05, 4.69) is 149 Å². The van der Waals surface area contributed by atoms with Crippen LogP contribution in [0.25, 0.3) is 23.3 Å². The fourth-order valence-corrected chi connectivity index (χ4v) is 15.2. The van der Waals surface area contributed by atoms with Gasteiger partial charge in [-0.2, -0.15) is 0 Å². The van der Waals surface area contributed by atoms with Crippen LogP contribution in [0.5, 0.6) is 23.0 Å². The maximum absolute atomic E-state index is 6.38. The van der Waals surface area contributed by atoms with Crippen LogP contribution in [0.4, 0.5) is 0 Å². The van der Waals surface area contributed by atoms with Gasteiger partial charge in [0.15, 0.2) is 0 Å². The van der Waals surface area contributed by atoms with Crippen LogP contribution in [0.1, 0.15) is 419 Å². The number of thiophene rings is 1. The van der Waals surface area contributed by atoms with Gasteiger partial charge >= 0.3 is 0 Å². The van der Waals surface area contributed by atoms with Gasteiger partial charge in [-0.3, -0.25) is 0 Å². The number of benzene rings is 4. The number of hydrogen-bond donors (Lipinski definition) is 0. The Kier molecular flexibility index (Phi) is 53.9. The molecule has 0 saturated carbocycles. The highest BCUT2D eigenvalue weighted by atomic mass is 32.1. The molecule has 0 amide bonds. The largest absolute Gasteiger partial charge is 0.494 e. The van der Waals surface area contributed by atoms with Gasteiger partial charge in [-0.05, 0) is 132 Å². The molecule has 101 heavy (non-hydrogen) atoms. The zero-order chi connectivity index (χ0) is 71.0. The smallest absolute Gasteiger partial charge is 0.119 e. The number of unbranched alkanes of at least 4 members (excludes halogenated alkanes) is 52. The Balaban J connectivity index is 1.21. The molecule has 0 N–H and O–H groups in total. The molecule has 0 saturated heterocycles. The van der Waals surface area contributed by atoms with E-state index < -0.39 is 0 Å². The normalized spacial score (nSPS) is 11.4.